The molecule has 1 aliphatic carbocycles. The first-order chi connectivity index (χ1) is 15.2. The topological polar surface area (TPSA) is 32.8 Å². The minimum Gasteiger partial charge on any atom is -0.465 e. The van der Waals surface area contributed by atoms with E-state index >= 15 is 0 Å². The van der Waals surface area contributed by atoms with Gasteiger partial charge in [-0.05, 0) is 63.5 Å². The highest BCUT2D eigenvalue weighted by Crippen LogP contribution is 2.40. The molecule has 2 heterocycles. The maximum absolute atomic E-state index is 12.4. The van der Waals surface area contributed by atoms with Crippen molar-refractivity contribution in [3.63, 3.8) is 0 Å². The second kappa shape index (κ2) is 10.9. The van der Waals surface area contributed by atoms with Crippen LogP contribution in [0.1, 0.15) is 70.8 Å². The van der Waals surface area contributed by atoms with Gasteiger partial charge in [-0.15, -0.1) is 4.31 Å². The Bertz CT molecular complexity index is 781. The van der Waals surface area contributed by atoms with Gasteiger partial charge in [0.05, 0.1) is 18.6 Å². The zero-order chi connectivity index (χ0) is 21.6. The SMILES string of the molecule is CCOC(=O)CN1C(C)=C(Cc2ccccc2[SH+]N2CCCC2)CC1C1CCCCC1. The lowest BCUT2D eigenvalue weighted by atomic mass is 9.82. The number of carbonyl (C=O) groups excluding carboxylic acids is 1. The van der Waals surface area contributed by atoms with Crippen molar-refractivity contribution in [1.82, 2.24) is 9.21 Å². The first-order valence-electron chi connectivity index (χ1n) is 12.3. The third-order valence-electron chi connectivity index (χ3n) is 7.32. The molecule has 1 aromatic carbocycles. The Morgan fingerprint density at radius 3 is 2.58 bits per heavy atom. The molecular weight excluding hydrogens is 404 g/mol. The van der Waals surface area contributed by atoms with Crippen molar-refractivity contribution in [3.05, 3.63) is 41.1 Å². The number of ether oxygens (including phenoxy) is 1. The molecule has 5 heteroatoms. The summed E-state index contributed by atoms with van der Waals surface area (Å²) < 4.78 is 7.89. The van der Waals surface area contributed by atoms with E-state index < -0.39 is 0 Å². The van der Waals surface area contributed by atoms with Gasteiger partial charge in [-0.25, -0.2) is 0 Å². The number of rotatable bonds is 8. The smallest absolute Gasteiger partial charge is 0.325 e. The van der Waals surface area contributed by atoms with Gasteiger partial charge in [0.15, 0.2) is 4.90 Å². The van der Waals surface area contributed by atoms with Crippen molar-refractivity contribution < 1.29 is 9.53 Å². The molecule has 1 aromatic rings. The Hall–Kier alpha value is -1.46. The fourth-order valence-corrected chi connectivity index (χ4v) is 6.85. The van der Waals surface area contributed by atoms with Crippen LogP contribution in [0, 0.1) is 5.92 Å². The van der Waals surface area contributed by atoms with Crippen LogP contribution < -0.4 is 0 Å². The summed E-state index contributed by atoms with van der Waals surface area (Å²) in [7, 11) is 0. The van der Waals surface area contributed by atoms with E-state index in [0.29, 0.717) is 25.1 Å². The number of hydrogen-bond donors (Lipinski definition) is 0. The predicted octanol–water partition coefficient (Wildman–Crippen LogP) is 4.91. The molecule has 1 saturated carbocycles. The molecule has 0 N–H and O–H groups in total. The molecule has 1 saturated heterocycles. The van der Waals surface area contributed by atoms with Gasteiger partial charge in [0.2, 0.25) is 0 Å². The monoisotopic (exact) mass is 443 g/mol. The van der Waals surface area contributed by atoms with Gasteiger partial charge in [-0.1, -0.05) is 37.5 Å². The third kappa shape index (κ3) is 5.67. The number of allylic oxidation sites excluding steroid dienone is 1. The summed E-state index contributed by atoms with van der Waals surface area (Å²) in [6.07, 6.45) is 11.4. The highest BCUT2D eigenvalue weighted by Gasteiger charge is 2.37. The summed E-state index contributed by atoms with van der Waals surface area (Å²) in [6.45, 7) is 7.42. The van der Waals surface area contributed by atoms with Gasteiger partial charge >= 0.3 is 5.97 Å². The summed E-state index contributed by atoms with van der Waals surface area (Å²) in [5.74, 6) is 0.616. The van der Waals surface area contributed by atoms with Crippen molar-refractivity contribution >= 4 is 17.9 Å². The van der Waals surface area contributed by atoms with Crippen molar-refractivity contribution in [3.8, 4) is 0 Å². The van der Waals surface area contributed by atoms with E-state index in [1.54, 1.807) is 0 Å². The Morgan fingerprint density at radius 1 is 1.10 bits per heavy atom. The van der Waals surface area contributed by atoms with Crippen LogP contribution in [0.2, 0.25) is 0 Å². The number of esters is 1. The Balaban J connectivity index is 1.52. The van der Waals surface area contributed by atoms with E-state index in [1.165, 1.54) is 91.7 Å². The van der Waals surface area contributed by atoms with Crippen molar-refractivity contribution in [2.24, 2.45) is 5.92 Å². The van der Waals surface area contributed by atoms with Crippen LogP contribution in [0.5, 0.6) is 0 Å². The van der Waals surface area contributed by atoms with Gasteiger partial charge in [-0.3, -0.25) is 4.79 Å². The van der Waals surface area contributed by atoms with E-state index in [-0.39, 0.29) is 5.97 Å². The molecule has 4 nitrogen and oxygen atoms in total. The van der Waals surface area contributed by atoms with E-state index in [0.717, 1.165) is 12.8 Å². The molecule has 0 spiro atoms. The molecular formula is C26H39N2O2S+. The molecule has 31 heavy (non-hydrogen) atoms. The second-order valence-corrected chi connectivity index (χ2v) is 10.6. The van der Waals surface area contributed by atoms with Crippen LogP contribution in [0.25, 0.3) is 0 Å². The number of carbonyl (C=O) groups is 1. The summed E-state index contributed by atoms with van der Waals surface area (Å²) in [4.78, 5) is 16.2. The Labute approximate surface area is 192 Å². The molecule has 0 aromatic heterocycles. The van der Waals surface area contributed by atoms with Crippen LogP contribution in [-0.4, -0.2) is 47.5 Å². The van der Waals surface area contributed by atoms with Crippen LogP contribution in [0.4, 0.5) is 0 Å². The number of hydrogen-bond acceptors (Lipinski definition) is 4. The predicted molar refractivity (Wildman–Crippen MR) is 129 cm³/mol. The molecule has 1 atom stereocenters. The van der Waals surface area contributed by atoms with Crippen LogP contribution >= 0.6 is 0 Å². The largest absolute Gasteiger partial charge is 0.465 e. The number of nitrogens with zero attached hydrogens (tertiary/aromatic N) is 2. The Morgan fingerprint density at radius 2 is 1.84 bits per heavy atom. The highest BCUT2D eigenvalue weighted by molar-refractivity contribution is 7.76. The lowest BCUT2D eigenvalue weighted by molar-refractivity contribution is -0.144. The number of thiol groups is 1. The average molecular weight is 444 g/mol. The maximum atomic E-state index is 12.4. The fraction of sp³-hybridized carbons (Fsp3) is 0.654. The van der Waals surface area contributed by atoms with Gasteiger partial charge in [0.25, 0.3) is 0 Å². The zero-order valence-corrected chi connectivity index (χ0v) is 20.2. The molecule has 0 amide bonds. The summed E-state index contributed by atoms with van der Waals surface area (Å²) >= 11 is 1.36. The quantitative estimate of drug-likeness (QED) is 0.325. The van der Waals surface area contributed by atoms with E-state index in [4.69, 9.17) is 4.74 Å². The van der Waals surface area contributed by atoms with Crippen molar-refractivity contribution in [1.29, 1.82) is 0 Å². The third-order valence-corrected chi connectivity index (χ3v) is 8.66. The normalized spacial score (nSPS) is 23.0. The summed E-state index contributed by atoms with van der Waals surface area (Å²) in [6, 6.07) is 9.42. The lowest BCUT2D eigenvalue weighted by Gasteiger charge is -2.36. The van der Waals surface area contributed by atoms with Crippen LogP contribution in [-0.2, 0) is 27.9 Å². The maximum Gasteiger partial charge on any atom is 0.325 e. The minimum absolute atomic E-state index is 0.0862. The summed E-state index contributed by atoms with van der Waals surface area (Å²) in [5, 5.41) is 0. The first-order valence-corrected chi connectivity index (χ1v) is 13.2. The molecule has 0 bridgehead atoms. The minimum atomic E-state index is -0.0862. The molecule has 2 fully saturated rings. The fourth-order valence-electron chi connectivity index (χ4n) is 5.62. The van der Waals surface area contributed by atoms with Gasteiger partial charge < -0.3 is 9.64 Å². The number of benzene rings is 1. The Kier molecular flexibility index (Phi) is 8.00. The molecule has 0 radical (unpaired) electrons. The molecule has 2 aliphatic heterocycles. The van der Waals surface area contributed by atoms with E-state index in [2.05, 4.69) is 40.4 Å². The standard InChI is InChI=1S/C26H38N2O2S/c1-3-30-26(29)19-28-20(2)23(18-24(28)21-11-5-4-6-12-21)17-22-13-7-8-14-25(22)31-27-15-9-10-16-27/h7-8,13-14,21,24H,3-6,9-12,15-19H2,1-2H3/p+1. The van der Waals surface area contributed by atoms with Gasteiger partial charge in [0, 0.05) is 36.8 Å². The highest BCUT2D eigenvalue weighted by atomic mass is 32.2. The van der Waals surface area contributed by atoms with Crippen molar-refractivity contribution in [2.45, 2.75) is 82.6 Å². The van der Waals surface area contributed by atoms with Crippen LogP contribution in [0.15, 0.2) is 40.4 Å². The average Bonchev–Trinajstić information content (AvgIpc) is 3.40. The molecule has 4 rings (SSSR count). The van der Waals surface area contributed by atoms with Gasteiger partial charge in [0.1, 0.15) is 6.54 Å². The summed E-state index contributed by atoms with van der Waals surface area (Å²) in [5.41, 5.74) is 4.28. The molecule has 3 aliphatic rings. The van der Waals surface area contributed by atoms with Crippen LogP contribution in [0.3, 0.4) is 0 Å². The first kappa shape index (κ1) is 22.7. The van der Waals surface area contributed by atoms with E-state index in [9.17, 15) is 4.79 Å². The molecule has 170 valence electrons. The second-order valence-electron chi connectivity index (χ2n) is 9.36. The van der Waals surface area contributed by atoms with Gasteiger partial charge in [-0.2, -0.15) is 0 Å². The zero-order valence-electron chi connectivity index (χ0n) is 19.3. The van der Waals surface area contributed by atoms with E-state index in [1.807, 2.05) is 6.92 Å². The molecule has 1 unspecified atom stereocenters. The lowest BCUT2D eigenvalue weighted by Crippen LogP contribution is -2.40. The van der Waals surface area contributed by atoms with Crippen molar-refractivity contribution in [2.75, 3.05) is 26.2 Å².